The molecule has 0 aliphatic rings. The van der Waals surface area contributed by atoms with E-state index in [1.54, 1.807) is 7.05 Å². The molecule has 1 nitrogen and oxygen atoms in total. The quantitative estimate of drug-likeness (QED) is 0.736. The van der Waals surface area contributed by atoms with Gasteiger partial charge in [-0.1, -0.05) is 17.7 Å². The third-order valence-electron chi connectivity index (χ3n) is 3.19. The van der Waals surface area contributed by atoms with E-state index >= 15 is 0 Å². The van der Waals surface area contributed by atoms with Crippen LogP contribution < -0.4 is 5.32 Å². The fourth-order valence-electron chi connectivity index (χ4n) is 2.07. The van der Waals surface area contributed by atoms with Gasteiger partial charge in [0.05, 0.1) is 5.02 Å². The lowest BCUT2D eigenvalue weighted by molar-refractivity contribution is 0.502. The molecule has 112 valence electrons. The Morgan fingerprint density at radius 2 is 1.81 bits per heavy atom. The van der Waals surface area contributed by atoms with Crippen LogP contribution in [-0.4, -0.2) is 7.05 Å². The Labute approximate surface area is 134 Å². The van der Waals surface area contributed by atoms with Crippen molar-refractivity contribution in [2.75, 3.05) is 7.05 Å². The van der Waals surface area contributed by atoms with Gasteiger partial charge in [0.15, 0.2) is 11.6 Å². The number of benzene rings is 2. The predicted octanol–water partition coefficient (Wildman–Crippen LogP) is 5.02. The van der Waals surface area contributed by atoms with E-state index in [1.807, 2.05) is 0 Å². The molecule has 2 rings (SSSR count). The van der Waals surface area contributed by atoms with Gasteiger partial charge < -0.3 is 5.32 Å². The summed E-state index contributed by atoms with van der Waals surface area (Å²) in [6, 6.07) is 6.04. The molecule has 0 amide bonds. The second-order valence-corrected chi connectivity index (χ2v) is 5.84. The van der Waals surface area contributed by atoms with Gasteiger partial charge in [-0.25, -0.2) is 13.2 Å². The second kappa shape index (κ2) is 6.81. The minimum atomic E-state index is -0.920. The van der Waals surface area contributed by atoms with E-state index in [0.29, 0.717) is 27.0 Å². The average Bonchev–Trinajstić information content (AvgIpc) is 2.44. The molecule has 1 N–H and O–H groups in total. The highest BCUT2D eigenvalue weighted by atomic mass is 79.9. The van der Waals surface area contributed by atoms with Crippen LogP contribution in [0, 0.1) is 17.5 Å². The van der Waals surface area contributed by atoms with Crippen molar-refractivity contribution in [1.82, 2.24) is 5.32 Å². The molecule has 0 saturated carbocycles. The third-order valence-corrected chi connectivity index (χ3v) is 4.38. The molecular weight excluding hydrogens is 367 g/mol. The van der Waals surface area contributed by atoms with Gasteiger partial charge in [0.1, 0.15) is 5.82 Å². The van der Waals surface area contributed by atoms with Crippen LogP contribution in [0.5, 0.6) is 0 Å². The van der Waals surface area contributed by atoms with Gasteiger partial charge in [0.2, 0.25) is 0 Å². The fourth-order valence-corrected chi connectivity index (χ4v) is 2.56. The highest BCUT2D eigenvalue weighted by Gasteiger charge is 2.17. The van der Waals surface area contributed by atoms with Crippen LogP contribution in [0.2, 0.25) is 5.02 Å². The molecular formula is C15H12BrClF3N. The van der Waals surface area contributed by atoms with Crippen LogP contribution in [0.1, 0.15) is 17.2 Å². The first-order valence-corrected chi connectivity index (χ1v) is 7.35. The Morgan fingerprint density at radius 3 is 2.43 bits per heavy atom. The third kappa shape index (κ3) is 3.78. The number of hydrogen-bond donors (Lipinski definition) is 1. The Hall–Kier alpha value is -1.04. The molecule has 0 saturated heterocycles. The molecule has 21 heavy (non-hydrogen) atoms. The maximum atomic E-state index is 14.1. The van der Waals surface area contributed by atoms with Crippen LogP contribution in [0.25, 0.3) is 0 Å². The van der Waals surface area contributed by atoms with Gasteiger partial charge in [-0.3, -0.25) is 0 Å². The highest BCUT2D eigenvalue weighted by molar-refractivity contribution is 9.10. The zero-order valence-electron chi connectivity index (χ0n) is 11.1. The summed E-state index contributed by atoms with van der Waals surface area (Å²) in [5, 5.41) is 3.34. The molecule has 6 heteroatoms. The normalized spacial score (nSPS) is 12.5. The van der Waals surface area contributed by atoms with Crippen LogP contribution >= 0.6 is 27.5 Å². The lowest BCUT2D eigenvalue weighted by atomic mass is 9.98. The van der Waals surface area contributed by atoms with E-state index in [1.165, 1.54) is 18.2 Å². The second-order valence-electron chi connectivity index (χ2n) is 4.58. The summed E-state index contributed by atoms with van der Waals surface area (Å²) in [4.78, 5) is 0. The minimum absolute atomic E-state index is 0.308. The van der Waals surface area contributed by atoms with Crippen LogP contribution in [-0.2, 0) is 6.42 Å². The maximum Gasteiger partial charge on any atom is 0.159 e. The number of nitrogens with one attached hydrogen (secondary N) is 1. The molecule has 0 fully saturated rings. The first-order chi connectivity index (χ1) is 9.92. The summed E-state index contributed by atoms with van der Waals surface area (Å²) in [7, 11) is 1.67. The molecule has 0 spiro atoms. The molecule has 0 radical (unpaired) electrons. The maximum absolute atomic E-state index is 14.1. The van der Waals surface area contributed by atoms with Crippen molar-refractivity contribution >= 4 is 27.5 Å². The number of hydrogen-bond acceptors (Lipinski definition) is 1. The first kappa shape index (κ1) is 16.3. The summed E-state index contributed by atoms with van der Waals surface area (Å²) in [5.74, 6) is -2.25. The van der Waals surface area contributed by atoms with E-state index in [4.69, 9.17) is 11.6 Å². The summed E-state index contributed by atoms with van der Waals surface area (Å²) in [6.45, 7) is 0. The molecule has 2 aromatic carbocycles. The lowest BCUT2D eigenvalue weighted by Crippen LogP contribution is -2.20. The topological polar surface area (TPSA) is 12.0 Å². The molecule has 0 bridgehead atoms. The number of rotatable bonds is 4. The van der Waals surface area contributed by atoms with Crippen molar-refractivity contribution in [3.05, 3.63) is 68.4 Å². The van der Waals surface area contributed by atoms with Crippen LogP contribution in [0.15, 0.2) is 34.8 Å². The summed E-state index contributed by atoms with van der Waals surface area (Å²) < 4.78 is 40.7. The van der Waals surface area contributed by atoms with E-state index in [0.717, 1.165) is 12.1 Å². The minimum Gasteiger partial charge on any atom is -0.313 e. The van der Waals surface area contributed by atoms with E-state index in [2.05, 4.69) is 21.2 Å². The van der Waals surface area contributed by atoms with Gasteiger partial charge in [0, 0.05) is 16.1 Å². The first-order valence-electron chi connectivity index (χ1n) is 6.18. The van der Waals surface area contributed by atoms with E-state index in [-0.39, 0.29) is 0 Å². The van der Waals surface area contributed by atoms with E-state index in [9.17, 15) is 13.2 Å². The van der Waals surface area contributed by atoms with Crippen molar-refractivity contribution in [3.8, 4) is 0 Å². The van der Waals surface area contributed by atoms with Gasteiger partial charge in [-0.15, -0.1) is 0 Å². The Kier molecular flexibility index (Phi) is 5.30. The summed E-state index contributed by atoms with van der Waals surface area (Å²) >= 11 is 9.14. The molecule has 2 aromatic rings. The monoisotopic (exact) mass is 377 g/mol. The van der Waals surface area contributed by atoms with Gasteiger partial charge >= 0.3 is 0 Å². The van der Waals surface area contributed by atoms with Crippen molar-refractivity contribution in [2.24, 2.45) is 0 Å². The van der Waals surface area contributed by atoms with Crippen molar-refractivity contribution in [3.63, 3.8) is 0 Å². The summed E-state index contributed by atoms with van der Waals surface area (Å²) in [6.07, 6.45) is 0.308. The van der Waals surface area contributed by atoms with Crippen LogP contribution in [0.4, 0.5) is 13.2 Å². The molecule has 0 aliphatic carbocycles. The Balaban J connectivity index is 2.31. The lowest BCUT2D eigenvalue weighted by Gasteiger charge is -2.18. The van der Waals surface area contributed by atoms with Gasteiger partial charge in [0.25, 0.3) is 0 Å². The molecule has 1 atom stereocenters. The van der Waals surface area contributed by atoms with Gasteiger partial charge in [-0.05, 0) is 59.2 Å². The van der Waals surface area contributed by atoms with Crippen molar-refractivity contribution in [2.45, 2.75) is 12.5 Å². The zero-order chi connectivity index (χ0) is 15.6. The smallest absolute Gasteiger partial charge is 0.159 e. The van der Waals surface area contributed by atoms with Crippen LogP contribution in [0.3, 0.4) is 0 Å². The van der Waals surface area contributed by atoms with Crippen molar-refractivity contribution < 1.29 is 13.2 Å². The summed E-state index contributed by atoms with van der Waals surface area (Å²) in [5.41, 5.74) is 0.933. The highest BCUT2D eigenvalue weighted by Crippen LogP contribution is 2.30. The Bertz CT molecular complexity index is 664. The van der Waals surface area contributed by atoms with E-state index < -0.39 is 23.5 Å². The SMILES string of the molecule is CNC(Cc1ccc(F)c(F)c1)c1cc(Cl)c(Br)cc1F. The average molecular weight is 379 g/mol. The fraction of sp³-hybridized carbons (Fsp3) is 0.200. The standard InChI is InChI=1S/C15H12BrClF3N/c1-21-15(5-8-2-3-12(18)14(20)4-8)9-6-11(17)10(16)7-13(9)19/h2-4,6-7,15,21H,5H2,1H3. The molecule has 0 aromatic heterocycles. The predicted molar refractivity (Wildman–Crippen MR) is 81.0 cm³/mol. The number of likely N-dealkylation sites (N-methyl/N-ethyl adjacent to an activating group) is 1. The van der Waals surface area contributed by atoms with Crippen molar-refractivity contribution in [1.29, 1.82) is 0 Å². The Morgan fingerprint density at radius 1 is 1.10 bits per heavy atom. The van der Waals surface area contributed by atoms with Gasteiger partial charge in [-0.2, -0.15) is 0 Å². The molecule has 0 aliphatic heterocycles. The largest absolute Gasteiger partial charge is 0.313 e. The zero-order valence-corrected chi connectivity index (χ0v) is 13.4. The number of halogens is 5. The molecule has 1 unspecified atom stereocenters. The molecule has 0 heterocycles.